The van der Waals surface area contributed by atoms with Crippen LogP contribution in [0.4, 0.5) is 5.69 Å². The fourth-order valence-corrected chi connectivity index (χ4v) is 1.79. The van der Waals surface area contributed by atoms with Crippen molar-refractivity contribution in [2.24, 2.45) is 0 Å². The number of nitrogens with one attached hydrogen (secondary N) is 1. The standard InChI is InChI=1S/C13H17ClN2O5/c1-8(2)15-11(13(17)20-3)7-21-12-6-9(16(18)19)4-5-10(12)14/h4-6,8,11,15H,7H2,1-3H3. The van der Waals surface area contributed by atoms with Gasteiger partial charge >= 0.3 is 5.97 Å². The van der Waals surface area contributed by atoms with Crippen LogP contribution in [0.3, 0.4) is 0 Å². The molecule has 0 radical (unpaired) electrons. The van der Waals surface area contributed by atoms with Crippen molar-refractivity contribution in [1.82, 2.24) is 5.32 Å². The van der Waals surface area contributed by atoms with Crippen molar-refractivity contribution in [2.75, 3.05) is 13.7 Å². The Balaban J connectivity index is 2.81. The maximum Gasteiger partial charge on any atom is 0.326 e. The average molecular weight is 317 g/mol. The van der Waals surface area contributed by atoms with Crippen LogP contribution in [-0.2, 0) is 9.53 Å². The van der Waals surface area contributed by atoms with Crippen LogP contribution < -0.4 is 10.1 Å². The van der Waals surface area contributed by atoms with Crippen LogP contribution >= 0.6 is 11.6 Å². The molecule has 8 heteroatoms. The third-order valence-electron chi connectivity index (χ3n) is 2.55. The van der Waals surface area contributed by atoms with Gasteiger partial charge in [0.1, 0.15) is 18.4 Å². The molecule has 1 aromatic carbocycles. The number of nitro groups is 1. The normalized spacial score (nSPS) is 12.0. The second-order valence-corrected chi connectivity index (χ2v) is 4.99. The van der Waals surface area contributed by atoms with E-state index in [1.165, 1.54) is 25.3 Å². The first-order valence-electron chi connectivity index (χ1n) is 6.25. The first kappa shape index (κ1) is 17.2. The van der Waals surface area contributed by atoms with Crippen LogP contribution in [0.15, 0.2) is 18.2 Å². The summed E-state index contributed by atoms with van der Waals surface area (Å²) >= 11 is 5.92. The van der Waals surface area contributed by atoms with Gasteiger partial charge in [-0.25, -0.2) is 0 Å². The van der Waals surface area contributed by atoms with Gasteiger partial charge < -0.3 is 9.47 Å². The van der Waals surface area contributed by atoms with Crippen LogP contribution in [-0.4, -0.2) is 36.7 Å². The van der Waals surface area contributed by atoms with E-state index >= 15 is 0 Å². The fourth-order valence-electron chi connectivity index (χ4n) is 1.62. The monoisotopic (exact) mass is 316 g/mol. The first-order valence-corrected chi connectivity index (χ1v) is 6.63. The molecule has 0 saturated heterocycles. The number of hydrogen-bond acceptors (Lipinski definition) is 6. The molecule has 1 atom stereocenters. The van der Waals surface area contributed by atoms with Crippen molar-refractivity contribution in [2.45, 2.75) is 25.9 Å². The molecule has 0 aromatic heterocycles. The Morgan fingerprint density at radius 1 is 1.48 bits per heavy atom. The largest absolute Gasteiger partial charge is 0.490 e. The summed E-state index contributed by atoms with van der Waals surface area (Å²) in [5.74, 6) is -0.337. The number of methoxy groups -OCH3 is 1. The summed E-state index contributed by atoms with van der Waals surface area (Å²) < 4.78 is 10.1. The number of rotatable bonds is 7. The second kappa shape index (κ2) is 7.80. The van der Waals surface area contributed by atoms with Crippen molar-refractivity contribution in [3.63, 3.8) is 0 Å². The highest BCUT2D eigenvalue weighted by Crippen LogP contribution is 2.28. The fraction of sp³-hybridized carbons (Fsp3) is 0.462. The van der Waals surface area contributed by atoms with Gasteiger partial charge in [0.05, 0.1) is 23.1 Å². The van der Waals surface area contributed by atoms with Crippen LogP contribution in [0.5, 0.6) is 5.75 Å². The lowest BCUT2D eigenvalue weighted by molar-refractivity contribution is -0.384. The number of nitrogens with zero attached hydrogens (tertiary/aromatic N) is 1. The smallest absolute Gasteiger partial charge is 0.326 e. The van der Waals surface area contributed by atoms with Gasteiger partial charge in [-0.05, 0) is 6.07 Å². The molecule has 0 heterocycles. The van der Waals surface area contributed by atoms with Gasteiger partial charge in [0.15, 0.2) is 0 Å². The number of hydrogen-bond donors (Lipinski definition) is 1. The first-order chi connectivity index (χ1) is 9.85. The van der Waals surface area contributed by atoms with E-state index in [0.29, 0.717) is 0 Å². The molecule has 0 spiro atoms. The quantitative estimate of drug-likeness (QED) is 0.471. The van der Waals surface area contributed by atoms with Crippen molar-refractivity contribution in [1.29, 1.82) is 0 Å². The minimum absolute atomic E-state index is 0.0401. The van der Waals surface area contributed by atoms with Crippen molar-refractivity contribution in [3.05, 3.63) is 33.3 Å². The third kappa shape index (κ3) is 5.20. The number of ether oxygens (including phenoxy) is 2. The minimum atomic E-state index is -0.690. The van der Waals surface area contributed by atoms with Crippen LogP contribution in [0.2, 0.25) is 5.02 Å². The highest BCUT2D eigenvalue weighted by Gasteiger charge is 2.21. The minimum Gasteiger partial charge on any atom is -0.490 e. The maximum absolute atomic E-state index is 11.6. The van der Waals surface area contributed by atoms with E-state index in [4.69, 9.17) is 16.3 Å². The summed E-state index contributed by atoms with van der Waals surface area (Å²) in [5, 5.41) is 13.9. The highest BCUT2D eigenvalue weighted by molar-refractivity contribution is 6.32. The zero-order valence-electron chi connectivity index (χ0n) is 12.0. The van der Waals surface area contributed by atoms with Gasteiger partial charge in [-0.1, -0.05) is 25.4 Å². The van der Waals surface area contributed by atoms with Crippen LogP contribution in [0, 0.1) is 10.1 Å². The number of carbonyl (C=O) groups is 1. The lowest BCUT2D eigenvalue weighted by Gasteiger charge is -2.19. The SMILES string of the molecule is COC(=O)C(COc1cc([N+](=O)[O-])ccc1Cl)NC(C)C. The Kier molecular flexibility index (Phi) is 6.39. The Morgan fingerprint density at radius 2 is 2.14 bits per heavy atom. The number of carbonyl (C=O) groups excluding carboxylic acids is 1. The van der Waals surface area contributed by atoms with E-state index in [1.807, 2.05) is 13.8 Å². The zero-order chi connectivity index (χ0) is 16.0. The molecule has 21 heavy (non-hydrogen) atoms. The molecule has 1 unspecified atom stereocenters. The van der Waals surface area contributed by atoms with E-state index in [9.17, 15) is 14.9 Å². The molecular formula is C13H17ClN2O5. The Morgan fingerprint density at radius 3 is 2.67 bits per heavy atom. The van der Waals surface area contributed by atoms with Gasteiger partial charge in [0.25, 0.3) is 5.69 Å². The molecule has 0 aliphatic rings. The lowest BCUT2D eigenvalue weighted by Crippen LogP contribution is -2.45. The van der Waals surface area contributed by atoms with Crippen molar-refractivity contribution < 1.29 is 19.2 Å². The number of esters is 1. The summed E-state index contributed by atoms with van der Waals surface area (Å²) in [4.78, 5) is 21.8. The predicted octanol–water partition coefficient (Wildman–Crippen LogP) is 2.17. The summed E-state index contributed by atoms with van der Waals surface area (Å²) in [5.41, 5.74) is -0.138. The Hall–Kier alpha value is -1.86. The second-order valence-electron chi connectivity index (χ2n) is 4.58. The molecule has 1 rings (SSSR count). The van der Waals surface area contributed by atoms with Gasteiger partial charge in [0.2, 0.25) is 0 Å². The van der Waals surface area contributed by atoms with Gasteiger partial charge in [-0.3, -0.25) is 20.2 Å². The molecule has 1 aromatic rings. The molecule has 1 N–H and O–H groups in total. The highest BCUT2D eigenvalue weighted by atomic mass is 35.5. The van der Waals surface area contributed by atoms with Crippen LogP contribution in [0.1, 0.15) is 13.8 Å². The predicted molar refractivity (Wildman–Crippen MR) is 77.7 cm³/mol. The number of non-ortho nitro benzene ring substituents is 1. The summed E-state index contributed by atoms with van der Waals surface area (Å²) in [7, 11) is 1.28. The van der Waals surface area contributed by atoms with E-state index in [-0.39, 0.29) is 29.1 Å². The molecule has 0 bridgehead atoms. The molecule has 0 fully saturated rings. The summed E-state index contributed by atoms with van der Waals surface area (Å²) in [6.07, 6.45) is 0. The molecule has 7 nitrogen and oxygen atoms in total. The molecular weight excluding hydrogens is 300 g/mol. The van der Waals surface area contributed by atoms with Crippen molar-refractivity contribution >= 4 is 23.3 Å². The zero-order valence-corrected chi connectivity index (χ0v) is 12.7. The molecule has 0 aliphatic carbocycles. The number of nitro benzene ring substituents is 1. The van der Waals surface area contributed by atoms with E-state index in [0.717, 1.165) is 0 Å². The topological polar surface area (TPSA) is 90.7 Å². The van der Waals surface area contributed by atoms with Gasteiger partial charge in [-0.15, -0.1) is 0 Å². The van der Waals surface area contributed by atoms with E-state index in [1.54, 1.807) is 0 Å². The molecule has 116 valence electrons. The number of halogens is 1. The van der Waals surface area contributed by atoms with Gasteiger partial charge in [-0.2, -0.15) is 0 Å². The summed E-state index contributed by atoms with van der Waals surface area (Å²) in [6.45, 7) is 3.69. The van der Waals surface area contributed by atoms with Crippen LogP contribution in [0.25, 0.3) is 0 Å². The summed E-state index contributed by atoms with van der Waals surface area (Å²) in [6, 6.07) is 3.22. The molecule has 0 saturated carbocycles. The lowest BCUT2D eigenvalue weighted by atomic mass is 10.2. The van der Waals surface area contributed by atoms with Gasteiger partial charge in [0, 0.05) is 12.1 Å². The number of benzene rings is 1. The Bertz CT molecular complexity index is 521. The molecule has 0 amide bonds. The molecule has 0 aliphatic heterocycles. The van der Waals surface area contributed by atoms with E-state index in [2.05, 4.69) is 10.1 Å². The van der Waals surface area contributed by atoms with E-state index < -0.39 is 16.9 Å². The Labute approximate surface area is 127 Å². The van der Waals surface area contributed by atoms with Crippen molar-refractivity contribution in [3.8, 4) is 5.75 Å². The third-order valence-corrected chi connectivity index (χ3v) is 2.86. The average Bonchev–Trinajstić information content (AvgIpc) is 2.43. The maximum atomic E-state index is 11.6.